The quantitative estimate of drug-likeness (QED) is 0.455. The zero-order valence-electron chi connectivity index (χ0n) is 19.0. The number of carbonyl (C=O) groups excluding carboxylic acids is 1. The molecular weight excluding hydrogens is 422 g/mol. The molecule has 0 unspecified atom stereocenters. The van der Waals surface area contributed by atoms with Gasteiger partial charge in [0.15, 0.2) is 5.69 Å². The van der Waals surface area contributed by atoms with Crippen molar-refractivity contribution >= 4 is 23.0 Å². The highest BCUT2D eigenvalue weighted by Crippen LogP contribution is 2.25. The molecule has 1 aliphatic heterocycles. The van der Waals surface area contributed by atoms with Crippen LogP contribution in [0.1, 0.15) is 28.7 Å². The van der Waals surface area contributed by atoms with Crippen LogP contribution in [0, 0.1) is 24.0 Å². The number of likely N-dealkylation sites (N-methyl/N-ethyl adjacent to an activating group) is 1. The summed E-state index contributed by atoms with van der Waals surface area (Å²) in [5.41, 5.74) is 3.89. The van der Waals surface area contributed by atoms with Gasteiger partial charge in [-0.15, -0.1) is 5.10 Å². The second-order valence-electron chi connectivity index (χ2n) is 8.09. The van der Waals surface area contributed by atoms with Crippen molar-refractivity contribution in [3.63, 3.8) is 0 Å². The lowest BCUT2D eigenvalue weighted by Gasteiger charge is -2.35. The van der Waals surface area contributed by atoms with Gasteiger partial charge in [0.1, 0.15) is 0 Å². The van der Waals surface area contributed by atoms with Crippen molar-refractivity contribution in [1.29, 1.82) is 0 Å². The van der Waals surface area contributed by atoms with E-state index >= 15 is 0 Å². The van der Waals surface area contributed by atoms with Gasteiger partial charge in [-0.05, 0) is 50.2 Å². The topological polar surface area (TPSA) is 109 Å². The molecule has 1 N–H and O–H groups in total. The maximum absolute atomic E-state index is 12.9. The summed E-state index contributed by atoms with van der Waals surface area (Å²) in [6, 6.07) is 12.1. The molecule has 4 rings (SSSR count). The predicted octanol–water partition coefficient (Wildman–Crippen LogP) is 3.19. The van der Waals surface area contributed by atoms with Crippen molar-refractivity contribution in [3.8, 4) is 5.69 Å². The van der Waals surface area contributed by atoms with Crippen molar-refractivity contribution in [2.45, 2.75) is 20.8 Å². The SMILES string of the molecule is CCN1CCN(c2ccc(NC(=O)c3nnn(-c4cccc([N+](=O)[O-])c4)c3C)c(C)c2)CC1. The molecule has 172 valence electrons. The van der Waals surface area contributed by atoms with Gasteiger partial charge in [-0.25, -0.2) is 4.68 Å². The van der Waals surface area contributed by atoms with Gasteiger partial charge < -0.3 is 15.1 Å². The molecule has 3 aromatic rings. The predicted molar refractivity (Wildman–Crippen MR) is 126 cm³/mol. The Morgan fingerprint density at radius 2 is 1.85 bits per heavy atom. The molecule has 1 fully saturated rings. The molecule has 33 heavy (non-hydrogen) atoms. The minimum Gasteiger partial charge on any atom is -0.369 e. The highest BCUT2D eigenvalue weighted by Gasteiger charge is 2.20. The van der Waals surface area contributed by atoms with Crippen molar-refractivity contribution in [1.82, 2.24) is 19.9 Å². The average Bonchev–Trinajstić information content (AvgIpc) is 3.22. The molecule has 2 heterocycles. The minimum absolute atomic E-state index is 0.0553. The first kappa shape index (κ1) is 22.4. The van der Waals surface area contributed by atoms with E-state index in [1.165, 1.54) is 16.8 Å². The van der Waals surface area contributed by atoms with Crippen LogP contribution in [0.4, 0.5) is 17.1 Å². The number of carbonyl (C=O) groups is 1. The third-order valence-corrected chi connectivity index (χ3v) is 6.04. The number of hydrogen-bond donors (Lipinski definition) is 1. The van der Waals surface area contributed by atoms with Crippen LogP contribution in [0.15, 0.2) is 42.5 Å². The van der Waals surface area contributed by atoms with Crippen LogP contribution in [0.2, 0.25) is 0 Å². The molecule has 0 bridgehead atoms. The minimum atomic E-state index is -0.473. The van der Waals surface area contributed by atoms with Gasteiger partial charge in [-0.1, -0.05) is 18.2 Å². The average molecular weight is 450 g/mol. The number of rotatable bonds is 6. The normalized spacial score (nSPS) is 14.3. The van der Waals surface area contributed by atoms with Gasteiger partial charge in [0.25, 0.3) is 11.6 Å². The van der Waals surface area contributed by atoms with Crippen LogP contribution < -0.4 is 10.2 Å². The van der Waals surface area contributed by atoms with E-state index in [4.69, 9.17) is 0 Å². The van der Waals surface area contributed by atoms with Crippen molar-refractivity contribution in [2.24, 2.45) is 0 Å². The van der Waals surface area contributed by atoms with E-state index < -0.39 is 4.92 Å². The van der Waals surface area contributed by atoms with Gasteiger partial charge in [0.05, 0.1) is 16.3 Å². The number of nitrogens with one attached hydrogen (secondary N) is 1. The molecular formula is C23H27N7O3. The molecule has 0 atom stereocenters. The number of piperazine rings is 1. The molecule has 1 aromatic heterocycles. The van der Waals surface area contributed by atoms with E-state index in [1.807, 2.05) is 19.1 Å². The van der Waals surface area contributed by atoms with Crippen molar-refractivity contribution in [3.05, 3.63) is 69.5 Å². The second-order valence-corrected chi connectivity index (χ2v) is 8.09. The highest BCUT2D eigenvalue weighted by molar-refractivity contribution is 6.04. The summed E-state index contributed by atoms with van der Waals surface area (Å²) in [4.78, 5) is 28.3. The number of aryl methyl sites for hydroxylation is 1. The van der Waals surface area contributed by atoms with E-state index in [0.29, 0.717) is 17.1 Å². The standard InChI is InChI=1S/C23H27N7O3/c1-4-27-10-12-28(13-11-27)18-8-9-21(16(2)14-18)24-23(31)22-17(3)29(26-25-22)19-6-5-7-20(15-19)30(32)33/h5-9,14-15H,4,10-13H2,1-3H3,(H,24,31). The Morgan fingerprint density at radius 3 is 2.52 bits per heavy atom. The third-order valence-electron chi connectivity index (χ3n) is 6.04. The van der Waals surface area contributed by atoms with Crippen LogP contribution in [0.5, 0.6) is 0 Å². The molecule has 0 radical (unpaired) electrons. The summed E-state index contributed by atoms with van der Waals surface area (Å²) in [6.45, 7) is 11.0. The third kappa shape index (κ3) is 4.70. The van der Waals surface area contributed by atoms with Crippen LogP contribution >= 0.6 is 0 Å². The Balaban J connectivity index is 1.49. The molecule has 0 saturated carbocycles. The van der Waals surface area contributed by atoms with E-state index in [1.54, 1.807) is 19.1 Å². The van der Waals surface area contributed by atoms with E-state index in [9.17, 15) is 14.9 Å². The summed E-state index contributed by atoms with van der Waals surface area (Å²) in [7, 11) is 0. The molecule has 10 heteroatoms. The molecule has 1 aliphatic rings. The Bertz CT molecular complexity index is 1180. The van der Waals surface area contributed by atoms with E-state index in [-0.39, 0.29) is 17.3 Å². The van der Waals surface area contributed by atoms with Crippen molar-refractivity contribution in [2.75, 3.05) is 42.9 Å². The second kappa shape index (κ2) is 9.37. The lowest BCUT2D eigenvalue weighted by molar-refractivity contribution is -0.384. The molecule has 0 spiro atoms. The molecule has 0 aliphatic carbocycles. The lowest BCUT2D eigenvalue weighted by Crippen LogP contribution is -2.46. The summed E-state index contributed by atoms with van der Waals surface area (Å²) in [5.74, 6) is -0.378. The fraction of sp³-hybridized carbons (Fsp3) is 0.348. The summed E-state index contributed by atoms with van der Waals surface area (Å²) < 4.78 is 1.42. The van der Waals surface area contributed by atoms with Crippen molar-refractivity contribution < 1.29 is 9.72 Å². The van der Waals surface area contributed by atoms with Gasteiger partial charge in [0.2, 0.25) is 0 Å². The highest BCUT2D eigenvalue weighted by atomic mass is 16.6. The Hall–Kier alpha value is -3.79. The largest absolute Gasteiger partial charge is 0.369 e. The Morgan fingerprint density at radius 1 is 1.09 bits per heavy atom. The number of non-ortho nitro benzene ring substituents is 1. The van der Waals surface area contributed by atoms with Gasteiger partial charge >= 0.3 is 0 Å². The first-order valence-corrected chi connectivity index (χ1v) is 10.9. The zero-order chi connectivity index (χ0) is 23.5. The molecule has 1 saturated heterocycles. The van der Waals surface area contributed by atoms with Gasteiger partial charge in [-0.2, -0.15) is 0 Å². The van der Waals surface area contributed by atoms with Crippen LogP contribution in [-0.4, -0.2) is 63.4 Å². The smallest absolute Gasteiger partial charge is 0.278 e. The fourth-order valence-electron chi connectivity index (χ4n) is 4.01. The van der Waals surface area contributed by atoms with E-state index in [0.717, 1.165) is 44.0 Å². The lowest BCUT2D eigenvalue weighted by atomic mass is 10.1. The number of nitro groups is 1. The Labute approximate surface area is 192 Å². The maximum Gasteiger partial charge on any atom is 0.278 e. The Kier molecular flexibility index (Phi) is 6.36. The van der Waals surface area contributed by atoms with Gasteiger partial charge in [0, 0.05) is 49.7 Å². The van der Waals surface area contributed by atoms with Gasteiger partial charge in [-0.3, -0.25) is 14.9 Å². The number of anilines is 2. The fourth-order valence-corrected chi connectivity index (χ4v) is 4.01. The first-order chi connectivity index (χ1) is 15.9. The monoisotopic (exact) mass is 449 g/mol. The van der Waals surface area contributed by atoms with Crippen LogP contribution in [0.25, 0.3) is 5.69 Å². The number of benzene rings is 2. The van der Waals surface area contributed by atoms with E-state index in [2.05, 4.69) is 38.4 Å². The molecule has 2 aromatic carbocycles. The summed E-state index contributed by atoms with van der Waals surface area (Å²) in [6.07, 6.45) is 0. The number of amides is 1. The number of nitrogens with zero attached hydrogens (tertiary/aromatic N) is 6. The maximum atomic E-state index is 12.9. The molecule has 1 amide bonds. The first-order valence-electron chi connectivity index (χ1n) is 10.9. The zero-order valence-corrected chi connectivity index (χ0v) is 19.0. The number of aromatic nitrogens is 3. The number of hydrogen-bond acceptors (Lipinski definition) is 7. The summed E-state index contributed by atoms with van der Waals surface area (Å²) >= 11 is 0. The van der Waals surface area contributed by atoms with Crippen LogP contribution in [0.3, 0.4) is 0 Å². The number of nitro benzene ring substituents is 1. The molecule has 10 nitrogen and oxygen atoms in total. The van der Waals surface area contributed by atoms with Crippen LogP contribution in [-0.2, 0) is 0 Å². The summed E-state index contributed by atoms with van der Waals surface area (Å²) in [5, 5.41) is 22.0.